The Hall–Kier alpha value is -3.98. The van der Waals surface area contributed by atoms with Crippen molar-refractivity contribution in [2.75, 3.05) is 5.01 Å². The zero-order valence-electron chi connectivity index (χ0n) is 15.8. The van der Waals surface area contributed by atoms with Crippen molar-refractivity contribution in [1.29, 1.82) is 5.26 Å². The van der Waals surface area contributed by atoms with Gasteiger partial charge in [-0.25, -0.2) is 9.07 Å². The van der Waals surface area contributed by atoms with Gasteiger partial charge in [-0.15, -0.1) is 10.2 Å². The fraction of sp³-hybridized carbons (Fsp3) is 0.0870. The van der Waals surface area contributed by atoms with E-state index in [-0.39, 0.29) is 5.82 Å². The fourth-order valence-corrected chi connectivity index (χ4v) is 3.15. The van der Waals surface area contributed by atoms with E-state index < -0.39 is 0 Å². The number of benzene rings is 3. The molecule has 0 spiro atoms. The summed E-state index contributed by atoms with van der Waals surface area (Å²) in [4.78, 5) is 0. The zero-order valence-corrected chi connectivity index (χ0v) is 15.8. The highest BCUT2D eigenvalue weighted by atomic mass is 19.1. The second-order valence-electron chi connectivity index (χ2n) is 6.73. The van der Waals surface area contributed by atoms with Crippen LogP contribution in [-0.4, -0.2) is 14.9 Å². The Morgan fingerprint density at radius 1 is 0.966 bits per heavy atom. The van der Waals surface area contributed by atoms with Gasteiger partial charge in [0, 0.05) is 5.56 Å². The molecule has 0 aliphatic heterocycles. The Morgan fingerprint density at radius 2 is 1.66 bits per heavy atom. The van der Waals surface area contributed by atoms with Crippen LogP contribution in [0, 0.1) is 24.1 Å². The van der Waals surface area contributed by atoms with E-state index in [0.29, 0.717) is 12.1 Å². The average molecular weight is 383 g/mol. The van der Waals surface area contributed by atoms with Crippen LogP contribution in [0.1, 0.15) is 16.7 Å². The Bertz CT molecular complexity index is 1140. The smallest absolute Gasteiger partial charge is 0.139 e. The molecule has 5 nitrogen and oxygen atoms in total. The molecule has 4 aromatic rings. The van der Waals surface area contributed by atoms with E-state index in [2.05, 4.69) is 47.5 Å². The highest BCUT2D eigenvalue weighted by molar-refractivity contribution is 5.74. The van der Waals surface area contributed by atoms with Crippen molar-refractivity contribution in [2.24, 2.45) is 0 Å². The number of aromatic nitrogens is 3. The Labute approximate surface area is 168 Å². The summed E-state index contributed by atoms with van der Waals surface area (Å²) < 4.78 is 15.2. The lowest BCUT2D eigenvalue weighted by atomic mass is 9.99. The molecular weight excluding hydrogens is 365 g/mol. The summed E-state index contributed by atoms with van der Waals surface area (Å²) in [6, 6.07) is 22.3. The Kier molecular flexibility index (Phi) is 5.04. The van der Waals surface area contributed by atoms with Crippen molar-refractivity contribution >= 4 is 5.69 Å². The van der Waals surface area contributed by atoms with E-state index in [1.807, 2.05) is 17.1 Å². The maximum atomic E-state index is 13.4. The van der Waals surface area contributed by atoms with Gasteiger partial charge in [-0.3, -0.25) is 5.01 Å². The molecule has 142 valence electrons. The first-order chi connectivity index (χ1) is 14.1. The summed E-state index contributed by atoms with van der Waals surface area (Å²) >= 11 is 0. The molecular formula is C23H18FN5. The average Bonchev–Trinajstić information content (AvgIpc) is 3.28. The number of rotatable bonds is 5. The topological polar surface area (TPSA) is 57.7 Å². The highest BCUT2D eigenvalue weighted by Crippen LogP contribution is 2.29. The van der Waals surface area contributed by atoms with Crippen molar-refractivity contribution in [3.63, 3.8) is 0 Å². The molecule has 4 rings (SSSR count). The van der Waals surface area contributed by atoms with E-state index in [9.17, 15) is 9.65 Å². The van der Waals surface area contributed by atoms with Gasteiger partial charge in [0.2, 0.25) is 0 Å². The number of aryl methyl sites for hydroxylation is 1. The molecule has 0 saturated heterocycles. The highest BCUT2D eigenvalue weighted by Gasteiger charge is 2.14. The van der Waals surface area contributed by atoms with Crippen LogP contribution in [0.5, 0.6) is 0 Å². The summed E-state index contributed by atoms with van der Waals surface area (Å²) in [5, 5.41) is 19.4. The maximum Gasteiger partial charge on any atom is 0.139 e. The molecule has 29 heavy (non-hydrogen) atoms. The summed E-state index contributed by atoms with van der Waals surface area (Å²) in [5.74, 6) is -0.311. The third-order valence-corrected chi connectivity index (χ3v) is 4.72. The van der Waals surface area contributed by atoms with E-state index in [1.54, 1.807) is 35.5 Å². The Morgan fingerprint density at radius 3 is 2.31 bits per heavy atom. The second-order valence-corrected chi connectivity index (χ2v) is 6.73. The predicted octanol–water partition coefficient (Wildman–Crippen LogP) is 4.73. The molecule has 0 saturated carbocycles. The van der Waals surface area contributed by atoms with Crippen LogP contribution < -0.4 is 5.01 Å². The van der Waals surface area contributed by atoms with Crippen molar-refractivity contribution in [1.82, 2.24) is 14.9 Å². The SMILES string of the molecule is Cc1ccc(CN(c2ccc(C#N)c(-c3ccc(F)cc3)c2)n2cnnc2)cc1. The van der Waals surface area contributed by atoms with Gasteiger partial charge in [0.25, 0.3) is 0 Å². The summed E-state index contributed by atoms with van der Waals surface area (Å²) in [5.41, 5.74) is 5.23. The quantitative estimate of drug-likeness (QED) is 0.500. The lowest BCUT2D eigenvalue weighted by Gasteiger charge is -2.26. The molecule has 0 radical (unpaired) electrons. The van der Waals surface area contributed by atoms with E-state index in [4.69, 9.17) is 0 Å². The molecule has 1 heterocycles. The van der Waals surface area contributed by atoms with Crippen molar-refractivity contribution in [3.8, 4) is 17.2 Å². The van der Waals surface area contributed by atoms with Crippen LogP contribution in [0.2, 0.25) is 0 Å². The lowest BCUT2D eigenvalue weighted by molar-refractivity contribution is 0.628. The first-order valence-electron chi connectivity index (χ1n) is 9.12. The molecule has 0 bridgehead atoms. The van der Waals surface area contributed by atoms with Crippen molar-refractivity contribution in [3.05, 3.63) is 102 Å². The van der Waals surface area contributed by atoms with Crippen LogP contribution in [0.3, 0.4) is 0 Å². The minimum atomic E-state index is -0.311. The van der Waals surface area contributed by atoms with Gasteiger partial charge >= 0.3 is 0 Å². The van der Waals surface area contributed by atoms with Crippen LogP contribution in [-0.2, 0) is 6.54 Å². The van der Waals surface area contributed by atoms with Gasteiger partial charge in [0.15, 0.2) is 0 Å². The molecule has 0 unspecified atom stereocenters. The molecule has 0 aliphatic carbocycles. The molecule has 1 aromatic heterocycles. The van der Waals surface area contributed by atoms with Gasteiger partial charge in [-0.2, -0.15) is 5.26 Å². The van der Waals surface area contributed by atoms with E-state index in [0.717, 1.165) is 22.4 Å². The third kappa shape index (κ3) is 3.99. The Balaban J connectivity index is 1.78. The number of nitrogens with zero attached hydrogens (tertiary/aromatic N) is 5. The van der Waals surface area contributed by atoms with Gasteiger partial charge in [-0.1, -0.05) is 42.0 Å². The van der Waals surface area contributed by atoms with Crippen LogP contribution in [0.15, 0.2) is 79.4 Å². The number of anilines is 1. The van der Waals surface area contributed by atoms with Crippen molar-refractivity contribution < 1.29 is 4.39 Å². The first kappa shape index (κ1) is 18.4. The molecule has 3 aromatic carbocycles. The van der Waals surface area contributed by atoms with Gasteiger partial charge in [0.1, 0.15) is 18.5 Å². The number of hydrogen-bond donors (Lipinski definition) is 0. The minimum absolute atomic E-state index is 0.311. The first-order valence-corrected chi connectivity index (χ1v) is 9.12. The van der Waals surface area contributed by atoms with Crippen LogP contribution >= 0.6 is 0 Å². The monoisotopic (exact) mass is 383 g/mol. The normalized spacial score (nSPS) is 10.5. The summed E-state index contributed by atoms with van der Waals surface area (Å²) in [7, 11) is 0. The fourth-order valence-electron chi connectivity index (χ4n) is 3.15. The van der Waals surface area contributed by atoms with Gasteiger partial charge < -0.3 is 0 Å². The maximum absolute atomic E-state index is 13.4. The third-order valence-electron chi connectivity index (χ3n) is 4.72. The van der Waals surface area contributed by atoms with Gasteiger partial charge in [0.05, 0.1) is 23.9 Å². The predicted molar refractivity (Wildman–Crippen MR) is 109 cm³/mol. The van der Waals surface area contributed by atoms with Crippen LogP contribution in [0.25, 0.3) is 11.1 Å². The molecule has 0 aliphatic rings. The minimum Gasteiger partial charge on any atom is -0.274 e. The van der Waals surface area contributed by atoms with Gasteiger partial charge in [-0.05, 0) is 48.4 Å². The van der Waals surface area contributed by atoms with Crippen molar-refractivity contribution in [2.45, 2.75) is 13.5 Å². The summed E-state index contributed by atoms with van der Waals surface area (Å²) in [6.07, 6.45) is 3.26. The lowest BCUT2D eigenvalue weighted by Crippen LogP contribution is -2.27. The summed E-state index contributed by atoms with van der Waals surface area (Å²) in [6.45, 7) is 2.64. The standard InChI is InChI=1S/C23H18FN5/c1-17-2-4-18(5-3-17)14-29(28-15-26-27-16-28)22-11-8-20(13-25)23(12-22)19-6-9-21(24)10-7-19/h2-12,15-16H,14H2,1H3. The molecule has 0 fully saturated rings. The molecule has 0 amide bonds. The largest absolute Gasteiger partial charge is 0.274 e. The molecule has 0 N–H and O–H groups in total. The number of hydrogen-bond acceptors (Lipinski definition) is 4. The molecule has 0 atom stereocenters. The zero-order chi connectivity index (χ0) is 20.2. The van der Waals surface area contributed by atoms with E-state index in [1.165, 1.54) is 17.7 Å². The number of halogens is 1. The second kappa shape index (κ2) is 7.95. The van der Waals surface area contributed by atoms with E-state index >= 15 is 0 Å². The molecule has 6 heteroatoms. The van der Waals surface area contributed by atoms with Crippen LogP contribution in [0.4, 0.5) is 10.1 Å². The number of nitriles is 1.